The summed E-state index contributed by atoms with van der Waals surface area (Å²) in [5.41, 5.74) is -0.217. The maximum Gasteiger partial charge on any atom is 0.435 e. The van der Waals surface area contributed by atoms with Gasteiger partial charge in [-0.15, -0.1) is 11.6 Å². The van der Waals surface area contributed by atoms with Crippen LogP contribution in [0.2, 0.25) is 0 Å². The number of aromatic nitrogens is 2. The zero-order valence-electron chi connectivity index (χ0n) is 7.40. The molecule has 0 saturated carbocycles. The molecule has 0 amide bonds. The molecule has 0 aliphatic carbocycles. The highest BCUT2D eigenvalue weighted by atomic mass is 35.5. The van der Waals surface area contributed by atoms with Gasteiger partial charge in [0.05, 0.1) is 5.69 Å². The maximum absolute atomic E-state index is 12.2. The molecule has 2 nitrogen and oxygen atoms in total. The third-order valence-electron chi connectivity index (χ3n) is 1.69. The van der Waals surface area contributed by atoms with Crippen LogP contribution >= 0.6 is 11.6 Å². The Hall–Kier alpha value is -0.970. The minimum atomic E-state index is -4.43. The van der Waals surface area contributed by atoms with Crippen molar-refractivity contribution in [1.82, 2.24) is 9.78 Å². The van der Waals surface area contributed by atoms with Crippen molar-refractivity contribution in [1.29, 1.82) is 0 Å². The predicted molar refractivity (Wildman–Crippen MR) is 48.0 cm³/mol. The van der Waals surface area contributed by atoms with Gasteiger partial charge in [-0.3, -0.25) is 4.68 Å². The second-order valence-electron chi connectivity index (χ2n) is 2.77. The SMILES string of the molecule is C=C(CCl)c1cc(C(F)(F)F)nn1C. The summed E-state index contributed by atoms with van der Waals surface area (Å²) in [5, 5.41) is 3.32. The predicted octanol–water partition coefficient (Wildman–Crippen LogP) is 2.69. The van der Waals surface area contributed by atoms with Gasteiger partial charge in [-0.2, -0.15) is 18.3 Å². The van der Waals surface area contributed by atoms with Crippen LogP contribution in [0.25, 0.3) is 5.57 Å². The first-order valence-corrected chi connectivity index (χ1v) is 4.25. The zero-order valence-corrected chi connectivity index (χ0v) is 8.15. The first-order chi connectivity index (χ1) is 6.36. The Morgan fingerprint density at radius 2 is 2.21 bits per heavy atom. The average molecular weight is 225 g/mol. The van der Waals surface area contributed by atoms with E-state index in [4.69, 9.17) is 11.6 Å². The van der Waals surface area contributed by atoms with Gasteiger partial charge in [0.2, 0.25) is 0 Å². The molecule has 1 heterocycles. The molecule has 0 fully saturated rings. The molecule has 0 spiro atoms. The molecule has 1 aromatic rings. The lowest BCUT2D eigenvalue weighted by atomic mass is 10.2. The summed E-state index contributed by atoms with van der Waals surface area (Å²) in [6.07, 6.45) is -4.43. The van der Waals surface area contributed by atoms with Crippen molar-refractivity contribution in [3.05, 3.63) is 24.0 Å². The first kappa shape index (κ1) is 11.1. The number of nitrogens with zero attached hydrogens (tertiary/aromatic N) is 2. The Bertz CT molecular complexity index is 354. The van der Waals surface area contributed by atoms with Gasteiger partial charge in [0, 0.05) is 12.9 Å². The molecule has 0 aromatic carbocycles. The highest BCUT2D eigenvalue weighted by Crippen LogP contribution is 2.29. The molecule has 78 valence electrons. The van der Waals surface area contributed by atoms with Crippen molar-refractivity contribution in [2.24, 2.45) is 7.05 Å². The molecule has 0 unspecified atom stereocenters. The zero-order chi connectivity index (χ0) is 10.9. The first-order valence-electron chi connectivity index (χ1n) is 3.71. The van der Waals surface area contributed by atoms with E-state index >= 15 is 0 Å². The van der Waals surface area contributed by atoms with Crippen LogP contribution in [0, 0.1) is 0 Å². The van der Waals surface area contributed by atoms with Gasteiger partial charge in [-0.25, -0.2) is 0 Å². The molecule has 0 radical (unpaired) electrons. The van der Waals surface area contributed by atoms with E-state index in [-0.39, 0.29) is 5.88 Å². The number of alkyl halides is 4. The van der Waals surface area contributed by atoms with E-state index in [0.717, 1.165) is 10.7 Å². The number of aryl methyl sites for hydroxylation is 1. The molecule has 0 saturated heterocycles. The highest BCUT2D eigenvalue weighted by molar-refractivity contribution is 6.23. The fourth-order valence-corrected chi connectivity index (χ4v) is 1.14. The van der Waals surface area contributed by atoms with Gasteiger partial charge in [-0.1, -0.05) is 6.58 Å². The Morgan fingerprint density at radius 3 is 2.57 bits per heavy atom. The second-order valence-corrected chi connectivity index (χ2v) is 3.04. The molecule has 0 aliphatic rings. The number of halogens is 4. The van der Waals surface area contributed by atoms with Crippen molar-refractivity contribution in [2.75, 3.05) is 5.88 Å². The quantitative estimate of drug-likeness (QED) is 0.707. The van der Waals surface area contributed by atoms with E-state index in [0.29, 0.717) is 11.3 Å². The van der Waals surface area contributed by atoms with Crippen LogP contribution in [-0.4, -0.2) is 15.7 Å². The van der Waals surface area contributed by atoms with Crippen molar-refractivity contribution in [2.45, 2.75) is 6.18 Å². The van der Waals surface area contributed by atoms with Crippen LogP contribution in [0.5, 0.6) is 0 Å². The molecular formula is C8H8ClF3N2. The summed E-state index contributed by atoms with van der Waals surface area (Å²) in [7, 11) is 1.42. The normalized spacial score (nSPS) is 11.8. The third-order valence-corrected chi connectivity index (χ3v) is 2.02. The maximum atomic E-state index is 12.2. The van der Waals surface area contributed by atoms with Gasteiger partial charge in [0.15, 0.2) is 5.69 Å². The van der Waals surface area contributed by atoms with Crippen molar-refractivity contribution < 1.29 is 13.2 Å². The van der Waals surface area contributed by atoms with E-state index in [1.807, 2.05) is 0 Å². The Balaban J connectivity index is 3.12. The summed E-state index contributed by atoms with van der Waals surface area (Å²) >= 11 is 5.46. The fourth-order valence-electron chi connectivity index (χ4n) is 1.01. The summed E-state index contributed by atoms with van der Waals surface area (Å²) in [4.78, 5) is 0. The molecule has 0 bridgehead atoms. The van der Waals surface area contributed by atoms with Crippen LogP contribution in [0.1, 0.15) is 11.4 Å². The molecular weight excluding hydrogens is 217 g/mol. The van der Waals surface area contributed by atoms with Crippen LogP contribution in [0.3, 0.4) is 0 Å². The van der Waals surface area contributed by atoms with E-state index in [1.165, 1.54) is 7.05 Å². The second kappa shape index (κ2) is 3.65. The van der Waals surface area contributed by atoms with E-state index in [9.17, 15) is 13.2 Å². The Labute approximate surface area is 84.0 Å². The van der Waals surface area contributed by atoms with Crippen molar-refractivity contribution in [3.63, 3.8) is 0 Å². The molecule has 0 atom stereocenters. The summed E-state index contributed by atoms with van der Waals surface area (Å²) in [5.74, 6) is 0.0802. The fraction of sp³-hybridized carbons (Fsp3) is 0.375. The molecule has 1 aromatic heterocycles. The number of allylic oxidation sites excluding steroid dienone is 1. The van der Waals surface area contributed by atoms with Gasteiger partial charge in [-0.05, 0) is 11.6 Å². The topological polar surface area (TPSA) is 17.8 Å². The monoisotopic (exact) mass is 224 g/mol. The van der Waals surface area contributed by atoms with Gasteiger partial charge >= 0.3 is 6.18 Å². The van der Waals surface area contributed by atoms with E-state index in [2.05, 4.69) is 11.7 Å². The minimum absolute atomic E-state index is 0.0802. The minimum Gasteiger partial charge on any atom is -0.268 e. The summed E-state index contributed by atoms with van der Waals surface area (Å²) < 4.78 is 37.7. The van der Waals surface area contributed by atoms with Gasteiger partial charge in [0.25, 0.3) is 0 Å². The summed E-state index contributed by atoms with van der Waals surface area (Å²) in [6.45, 7) is 3.54. The third kappa shape index (κ3) is 2.09. The highest BCUT2D eigenvalue weighted by Gasteiger charge is 2.34. The van der Waals surface area contributed by atoms with Crippen LogP contribution < -0.4 is 0 Å². The van der Waals surface area contributed by atoms with Gasteiger partial charge < -0.3 is 0 Å². The molecule has 6 heteroatoms. The number of hydrogen-bond acceptors (Lipinski definition) is 1. The van der Waals surface area contributed by atoms with Crippen molar-refractivity contribution >= 4 is 17.2 Å². The van der Waals surface area contributed by atoms with E-state index in [1.54, 1.807) is 0 Å². The smallest absolute Gasteiger partial charge is 0.268 e. The van der Waals surface area contributed by atoms with Crippen LogP contribution in [-0.2, 0) is 13.2 Å². The van der Waals surface area contributed by atoms with Crippen LogP contribution in [0.4, 0.5) is 13.2 Å². The Kier molecular flexibility index (Phi) is 2.89. The van der Waals surface area contributed by atoms with Gasteiger partial charge in [0.1, 0.15) is 0 Å². The molecule has 0 N–H and O–H groups in total. The van der Waals surface area contributed by atoms with E-state index < -0.39 is 11.9 Å². The summed E-state index contributed by atoms with van der Waals surface area (Å²) in [6, 6.07) is 0.935. The lowest BCUT2D eigenvalue weighted by Crippen LogP contribution is -2.06. The lowest BCUT2D eigenvalue weighted by molar-refractivity contribution is -0.141. The lowest BCUT2D eigenvalue weighted by Gasteiger charge is -1.99. The molecule has 14 heavy (non-hydrogen) atoms. The number of rotatable bonds is 2. The average Bonchev–Trinajstić information content (AvgIpc) is 2.45. The standard InChI is InChI=1S/C8H8ClF3N2/c1-5(4-9)6-3-7(8(10,11)12)13-14(6)2/h3H,1,4H2,2H3. The molecule has 0 aliphatic heterocycles. The largest absolute Gasteiger partial charge is 0.435 e. The van der Waals surface area contributed by atoms with Crippen molar-refractivity contribution in [3.8, 4) is 0 Å². The number of hydrogen-bond donors (Lipinski definition) is 0. The Morgan fingerprint density at radius 1 is 1.64 bits per heavy atom. The van der Waals surface area contributed by atoms with Crippen LogP contribution in [0.15, 0.2) is 12.6 Å². The molecule has 1 rings (SSSR count).